The first-order chi connectivity index (χ1) is 14.2. The summed E-state index contributed by atoms with van der Waals surface area (Å²) in [5.74, 6) is 0.812. The summed E-state index contributed by atoms with van der Waals surface area (Å²) < 4.78 is 24.6. The van der Waals surface area contributed by atoms with E-state index in [0.29, 0.717) is 29.4 Å². The van der Waals surface area contributed by atoms with Crippen molar-refractivity contribution in [3.05, 3.63) is 95.3 Å². The first-order valence-electron chi connectivity index (χ1n) is 8.88. The van der Waals surface area contributed by atoms with Gasteiger partial charge >= 0.3 is 0 Å². The van der Waals surface area contributed by atoms with Crippen molar-refractivity contribution in [3.63, 3.8) is 0 Å². The van der Waals surface area contributed by atoms with Crippen LogP contribution in [0, 0.1) is 17.1 Å². The number of ether oxygens (including phenoxy) is 2. The Labute approximate surface area is 168 Å². The SMILES string of the molecule is CO/N=C(\COc1ccc(COc2cccc(F)c2)cc1)c1ccc(C#N)cc1. The molecule has 0 spiro atoms. The van der Waals surface area contributed by atoms with Crippen LogP contribution in [0.2, 0.25) is 0 Å². The molecule has 3 rings (SSSR count). The molecule has 0 N–H and O–H groups in total. The molecular weight excluding hydrogens is 371 g/mol. The van der Waals surface area contributed by atoms with Crippen molar-refractivity contribution in [3.8, 4) is 17.6 Å². The van der Waals surface area contributed by atoms with Crippen LogP contribution >= 0.6 is 0 Å². The Kier molecular flexibility index (Phi) is 6.80. The zero-order valence-corrected chi connectivity index (χ0v) is 15.8. The van der Waals surface area contributed by atoms with Gasteiger partial charge in [0.25, 0.3) is 0 Å². The van der Waals surface area contributed by atoms with E-state index < -0.39 is 0 Å². The maximum atomic E-state index is 13.2. The standard InChI is InChI=1S/C23H19FN2O3/c1-27-26-23(19-9-5-17(14-25)6-10-19)16-29-21-11-7-18(8-12-21)15-28-22-4-2-3-20(24)13-22/h2-13H,15-16H2,1H3/b26-23+. The molecule has 0 aliphatic carbocycles. The van der Waals surface area contributed by atoms with E-state index in [9.17, 15) is 4.39 Å². The number of rotatable bonds is 8. The minimum Gasteiger partial charge on any atom is -0.489 e. The maximum Gasteiger partial charge on any atom is 0.134 e. The molecular formula is C23H19FN2O3. The summed E-state index contributed by atoms with van der Waals surface area (Å²) in [6.07, 6.45) is 0. The molecule has 0 aromatic heterocycles. The van der Waals surface area contributed by atoms with Crippen LogP contribution in [0.25, 0.3) is 0 Å². The lowest BCUT2D eigenvalue weighted by atomic mass is 10.1. The van der Waals surface area contributed by atoms with E-state index in [0.717, 1.165) is 11.1 Å². The van der Waals surface area contributed by atoms with E-state index in [2.05, 4.69) is 11.2 Å². The van der Waals surface area contributed by atoms with Crippen LogP contribution in [-0.2, 0) is 11.4 Å². The van der Waals surface area contributed by atoms with Gasteiger partial charge in [-0.2, -0.15) is 5.26 Å². The van der Waals surface area contributed by atoms with Crippen LogP contribution in [0.3, 0.4) is 0 Å². The number of hydrogen-bond acceptors (Lipinski definition) is 5. The summed E-state index contributed by atoms with van der Waals surface area (Å²) in [5, 5.41) is 12.9. The van der Waals surface area contributed by atoms with Gasteiger partial charge in [0.05, 0.1) is 11.6 Å². The predicted octanol–water partition coefficient (Wildman–Crippen LogP) is 4.71. The van der Waals surface area contributed by atoms with Crippen molar-refractivity contribution >= 4 is 5.71 Å². The summed E-state index contributed by atoms with van der Waals surface area (Å²) in [6.45, 7) is 0.532. The minimum absolute atomic E-state index is 0.207. The van der Waals surface area contributed by atoms with Crippen molar-refractivity contribution < 1.29 is 18.7 Å². The van der Waals surface area contributed by atoms with Gasteiger partial charge in [0, 0.05) is 11.6 Å². The van der Waals surface area contributed by atoms with E-state index in [1.54, 1.807) is 36.4 Å². The second-order valence-electron chi connectivity index (χ2n) is 6.09. The molecule has 0 radical (unpaired) electrons. The second kappa shape index (κ2) is 9.90. The van der Waals surface area contributed by atoms with Crippen LogP contribution in [0.5, 0.6) is 11.5 Å². The maximum absolute atomic E-state index is 13.2. The number of hydrogen-bond donors (Lipinski definition) is 0. The number of nitrogens with zero attached hydrogens (tertiary/aromatic N) is 2. The highest BCUT2D eigenvalue weighted by atomic mass is 19.1. The van der Waals surface area contributed by atoms with Gasteiger partial charge in [0.2, 0.25) is 0 Å². The van der Waals surface area contributed by atoms with Crippen molar-refractivity contribution in [1.29, 1.82) is 5.26 Å². The summed E-state index contributed by atoms with van der Waals surface area (Å²) in [4.78, 5) is 4.90. The van der Waals surface area contributed by atoms with E-state index in [-0.39, 0.29) is 12.4 Å². The van der Waals surface area contributed by atoms with Crippen LogP contribution in [-0.4, -0.2) is 19.4 Å². The minimum atomic E-state index is -0.331. The Morgan fingerprint density at radius 3 is 2.38 bits per heavy atom. The third-order valence-corrected chi connectivity index (χ3v) is 4.05. The van der Waals surface area contributed by atoms with Crippen molar-refractivity contribution in [1.82, 2.24) is 0 Å². The quantitative estimate of drug-likeness (QED) is 0.413. The first-order valence-corrected chi connectivity index (χ1v) is 8.88. The van der Waals surface area contributed by atoms with E-state index in [1.165, 1.54) is 19.2 Å². The van der Waals surface area contributed by atoms with Gasteiger partial charge in [-0.3, -0.25) is 0 Å². The molecule has 0 unspecified atom stereocenters. The number of halogens is 1. The molecule has 5 nitrogen and oxygen atoms in total. The second-order valence-corrected chi connectivity index (χ2v) is 6.09. The molecule has 0 saturated heterocycles. The Hall–Kier alpha value is -3.85. The van der Waals surface area contributed by atoms with Crippen LogP contribution < -0.4 is 9.47 Å². The van der Waals surface area contributed by atoms with Crippen molar-refractivity contribution in [2.75, 3.05) is 13.7 Å². The Morgan fingerprint density at radius 1 is 0.966 bits per heavy atom. The topological polar surface area (TPSA) is 63.8 Å². The highest BCUT2D eigenvalue weighted by Crippen LogP contribution is 2.17. The van der Waals surface area contributed by atoms with Gasteiger partial charge < -0.3 is 14.3 Å². The molecule has 0 heterocycles. The van der Waals surface area contributed by atoms with E-state index in [1.807, 2.05) is 24.3 Å². The van der Waals surface area contributed by atoms with Gasteiger partial charge in [0.15, 0.2) is 0 Å². The highest BCUT2D eigenvalue weighted by molar-refractivity contribution is 6.01. The van der Waals surface area contributed by atoms with Crippen molar-refractivity contribution in [2.45, 2.75) is 6.61 Å². The zero-order chi connectivity index (χ0) is 20.5. The molecule has 0 aliphatic rings. The number of oxime groups is 1. The van der Waals surface area contributed by atoms with Gasteiger partial charge in [-0.15, -0.1) is 0 Å². The zero-order valence-electron chi connectivity index (χ0n) is 15.8. The smallest absolute Gasteiger partial charge is 0.134 e. The average molecular weight is 390 g/mol. The molecule has 0 bridgehead atoms. The van der Waals surface area contributed by atoms with Crippen LogP contribution in [0.4, 0.5) is 4.39 Å². The fraction of sp³-hybridized carbons (Fsp3) is 0.130. The lowest BCUT2D eigenvalue weighted by Gasteiger charge is -2.10. The lowest BCUT2D eigenvalue weighted by Crippen LogP contribution is -2.13. The molecule has 3 aromatic carbocycles. The molecule has 0 atom stereocenters. The molecule has 0 fully saturated rings. The van der Waals surface area contributed by atoms with E-state index in [4.69, 9.17) is 19.6 Å². The molecule has 0 amide bonds. The Bertz CT molecular complexity index is 1010. The summed E-state index contributed by atoms with van der Waals surface area (Å²) in [7, 11) is 1.47. The number of nitriles is 1. The predicted molar refractivity (Wildman–Crippen MR) is 107 cm³/mol. The third-order valence-electron chi connectivity index (χ3n) is 4.05. The fourth-order valence-electron chi connectivity index (χ4n) is 2.57. The molecule has 0 aliphatic heterocycles. The third kappa shape index (κ3) is 5.81. The monoisotopic (exact) mass is 390 g/mol. The van der Waals surface area contributed by atoms with Gasteiger partial charge in [-0.25, -0.2) is 4.39 Å². The van der Waals surface area contributed by atoms with Crippen LogP contribution in [0.15, 0.2) is 78.0 Å². The summed E-state index contributed by atoms with van der Waals surface area (Å²) in [5.41, 5.74) is 2.92. The van der Waals surface area contributed by atoms with Crippen molar-refractivity contribution in [2.24, 2.45) is 5.16 Å². The number of benzene rings is 3. The largest absolute Gasteiger partial charge is 0.489 e. The molecule has 6 heteroatoms. The fourth-order valence-corrected chi connectivity index (χ4v) is 2.57. The van der Waals surface area contributed by atoms with Gasteiger partial charge in [-0.1, -0.05) is 35.5 Å². The molecule has 3 aromatic rings. The van der Waals surface area contributed by atoms with Gasteiger partial charge in [-0.05, 0) is 42.0 Å². The van der Waals surface area contributed by atoms with E-state index >= 15 is 0 Å². The van der Waals surface area contributed by atoms with Crippen LogP contribution in [0.1, 0.15) is 16.7 Å². The molecule has 146 valence electrons. The van der Waals surface area contributed by atoms with Gasteiger partial charge in [0.1, 0.15) is 43.4 Å². The summed E-state index contributed by atoms with van der Waals surface area (Å²) >= 11 is 0. The lowest BCUT2D eigenvalue weighted by molar-refractivity contribution is 0.210. The molecule has 29 heavy (non-hydrogen) atoms. The average Bonchev–Trinajstić information content (AvgIpc) is 2.76. The Balaban J connectivity index is 1.58. The Morgan fingerprint density at radius 2 is 1.72 bits per heavy atom. The summed E-state index contributed by atoms with van der Waals surface area (Å²) in [6, 6.07) is 22.6. The first kappa shape index (κ1) is 19.9. The normalized spacial score (nSPS) is 10.9. The highest BCUT2D eigenvalue weighted by Gasteiger charge is 2.07. The molecule has 0 saturated carbocycles.